The van der Waals surface area contributed by atoms with Crippen LogP contribution in [0, 0.1) is 0 Å². The predicted molar refractivity (Wildman–Crippen MR) is 66.9 cm³/mol. The van der Waals surface area contributed by atoms with Gasteiger partial charge in [-0.1, -0.05) is 6.92 Å². The van der Waals surface area contributed by atoms with Crippen LogP contribution >= 0.6 is 0 Å². The topological polar surface area (TPSA) is 49.4 Å². The van der Waals surface area contributed by atoms with Crippen LogP contribution in [0.15, 0.2) is 0 Å². The molecule has 16 heavy (non-hydrogen) atoms. The van der Waals surface area contributed by atoms with E-state index >= 15 is 0 Å². The summed E-state index contributed by atoms with van der Waals surface area (Å²) in [6.07, 6.45) is 3.12. The summed E-state index contributed by atoms with van der Waals surface area (Å²) in [5.41, 5.74) is 0. The van der Waals surface area contributed by atoms with Gasteiger partial charge in [0.15, 0.2) is 0 Å². The second-order valence-corrected chi connectivity index (χ2v) is 7.23. The molecule has 1 saturated heterocycles. The van der Waals surface area contributed by atoms with Gasteiger partial charge in [0.1, 0.15) is 0 Å². The molecule has 0 amide bonds. The van der Waals surface area contributed by atoms with Crippen molar-refractivity contribution in [3.8, 4) is 0 Å². The Morgan fingerprint density at radius 1 is 1.44 bits per heavy atom. The smallest absolute Gasteiger partial charge is 0.216 e. The monoisotopic (exact) mass is 248 g/mol. The van der Waals surface area contributed by atoms with Crippen LogP contribution in [0.2, 0.25) is 0 Å². The Morgan fingerprint density at radius 3 is 2.56 bits per heavy atom. The van der Waals surface area contributed by atoms with Crippen LogP contribution in [-0.2, 0) is 10.0 Å². The molecule has 5 heteroatoms. The van der Waals surface area contributed by atoms with E-state index in [9.17, 15) is 8.42 Å². The summed E-state index contributed by atoms with van der Waals surface area (Å²) in [5, 5.41) is 3.03. The van der Waals surface area contributed by atoms with Crippen LogP contribution in [0.25, 0.3) is 0 Å². The molecule has 1 atom stereocenters. The molecule has 1 aliphatic rings. The van der Waals surface area contributed by atoms with Gasteiger partial charge in [-0.2, -0.15) is 0 Å². The molecule has 1 heterocycles. The molecule has 4 nitrogen and oxygen atoms in total. The van der Waals surface area contributed by atoms with E-state index in [2.05, 4.69) is 5.32 Å². The highest BCUT2D eigenvalue weighted by Gasteiger charge is 2.28. The minimum Gasteiger partial charge on any atom is -0.313 e. The first-order chi connectivity index (χ1) is 7.48. The molecule has 1 unspecified atom stereocenters. The second-order valence-electron chi connectivity index (χ2n) is 4.74. The van der Waals surface area contributed by atoms with Crippen LogP contribution in [0.5, 0.6) is 0 Å². The number of nitrogens with one attached hydrogen (secondary N) is 1. The summed E-state index contributed by atoms with van der Waals surface area (Å²) in [6, 6.07) is 0.347. The highest BCUT2D eigenvalue weighted by atomic mass is 32.2. The molecule has 1 aliphatic heterocycles. The van der Waals surface area contributed by atoms with E-state index in [0.29, 0.717) is 19.1 Å². The highest BCUT2D eigenvalue weighted by Crippen LogP contribution is 2.14. The SMILES string of the molecule is CCCN(CC1CCCN1)S(=O)(=O)C(C)C. The van der Waals surface area contributed by atoms with E-state index in [1.807, 2.05) is 6.92 Å². The van der Waals surface area contributed by atoms with E-state index < -0.39 is 10.0 Å². The highest BCUT2D eigenvalue weighted by molar-refractivity contribution is 7.89. The Labute approximate surface area is 99.5 Å². The average molecular weight is 248 g/mol. The lowest BCUT2D eigenvalue weighted by molar-refractivity contribution is 0.366. The third-order valence-electron chi connectivity index (χ3n) is 3.02. The fourth-order valence-corrected chi connectivity index (χ4v) is 3.45. The Morgan fingerprint density at radius 2 is 2.12 bits per heavy atom. The van der Waals surface area contributed by atoms with E-state index in [4.69, 9.17) is 0 Å². The average Bonchev–Trinajstić information content (AvgIpc) is 2.69. The third-order valence-corrected chi connectivity index (χ3v) is 5.26. The van der Waals surface area contributed by atoms with E-state index in [1.165, 1.54) is 0 Å². The molecule has 1 N–H and O–H groups in total. The lowest BCUT2D eigenvalue weighted by atomic mass is 10.2. The minimum absolute atomic E-state index is 0.319. The van der Waals surface area contributed by atoms with Crippen LogP contribution < -0.4 is 5.32 Å². The summed E-state index contributed by atoms with van der Waals surface area (Å²) in [4.78, 5) is 0. The summed E-state index contributed by atoms with van der Waals surface area (Å²) >= 11 is 0. The van der Waals surface area contributed by atoms with Gasteiger partial charge in [0.25, 0.3) is 0 Å². The first-order valence-corrected chi connectivity index (χ1v) is 7.71. The molecule has 1 rings (SSSR count). The fourth-order valence-electron chi connectivity index (χ4n) is 2.03. The van der Waals surface area contributed by atoms with Gasteiger partial charge in [-0.3, -0.25) is 0 Å². The van der Waals surface area contributed by atoms with Crippen molar-refractivity contribution in [1.29, 1.82) is 0 Å². The van der Waals surface area contributed by atoms with Gasteiger partial charge < -0.3 is 5.32 Å². The van der Waals surface area contributed by atoms with Crippen molar-refractivity contribution in [3.05, 3.63) is 0 Å². The Hall–Kier alpha value is -0.130. The van der Waals surface area contributed by atoms with Gasteiger partial charge in [0.2, 0.25) is 10.0 Å². The fraction of sp³-hybridized carbons (Fsp3) is 1.00. The normalized spacial score (nSPS) is 22.2. The molecule has 1 fully saturated rings. The Balaban J connectivity index is 2.66. The van der Waals surface area contributed by atoms with Crippen molar-refractivity contribution in [2.45, 2.75) is 51.3 Å². The molecule has 0 aliphatic carbocycles. The first kappa shape index (κ1) is 13.9. The van der Waals surface area contributed by atoms with Gasteiger partial charge >= 0.3 is 0 Å². The minimum atomic E-state index is -3.10. The van der Waals surface area contributed by atoms with Crippen molar-refractivity contribution in [2.24, 2.45) is 0 Å². The molecule has 0 radical (unpaired) electrons. The number of sulfonamides is 1. The Kier molecular flexibility index (Phi) is 5.21. The third kappa shape index (κ3) is 3.43. The zero-order valence-electron chi connectivity index (χ0n) is 10.6. The molecule has 0 saturated carbocycles. The van der Waals surface area contributed by atoms with Gasteiger partial charge in [-0.15, -0.1) is 0 Å². The first-order valence-electron chi connectivity index (χ1n) is 6.20. The van der Waals surface area contributed by atoms with Crippen LogP contribution in [0.4, 0.5) is 0 Å². The molecular formula is C11H24N2O2S. The standard InChI is InChI=1S/C11H24N2O2S/c1-4-8-13(16(14,15)10(2)3)9-11-6-5-7-12-11/h10-12H,4-9H2,1-3H3. The zero-order chi connectivity index (χ0) is 12.2. The molecule has 0 aromatic carbocycles. The van der Waals surface area contributed by atoms with Crippen molar-refractivity contribution >= 4 is 10.0 Å². The van der Waals surface area contributed by atoms with Gasteiger partial charge in [-0.25, -0.2) is 12.7 Å². The Bertz CT molecular complexity index is 295. The summed E-state index contributed by atoms with van der Waals surface area (Å²) in [6.45, 7) is 7.81. The van der Waals surface area contributed by atoms with Gasteiger partial charge in [-0.05, 0) is 39.7 Å². The summed E-state index contributed by atoms with van der Waals surface area (Å²) in [7, 11) is -3.10. The number of rotatable bonds is 6. The van der Waals surface area contributed by atoms with E-state index in [1.54, 1.807) is 18.2 Å². The quantitative estimate of drug-likeness (QED) is 0.768. The van der Waals surface area contributed by atoms with Crippen molar-refractivity contribution < 1.29 is 8.42 Å². The number of hydrogen-bond donors (Lipinski definition) is 1. The zero-order valence-corrected chi connectivity index (χ0v) is 11.4. The van der Waals surface area contributed by atoms with Crippen molar-refractivity contribution in [1.82, 2.24) is 9.62 Å². The maximum Gasteiger partial charge on any atom is 0.216 e. The van der Waals surface area contributed by atoms with Crippen molar-refractivity contribution in [3.63, 3.8) is 0 Å². The molecule has 0 bridgehead atoms. The lowest BCUT2D eigenvalue weighted by Crippen LogP contribution is -2.44. The molecular weight excluding hydrogens is 224 g/mol. The van der Waals surface area contributed by atoms with Gasteiger partial charge in [0, 0.05) is 19.1 Å². The largest absolute Gasteiger partial charge is 0.313 e. The lowest BCUT2D eigenvalue weighted by Gasteiger charge is -2.26. The summed E-state index contributed by atoms with van der Waals surface area (Å²) in [5.74, 6) is 0. The van der Waals surface area contributed by atoms with E-state index in [-0.39, 0.29) is 5.25 Å². The van der Waals surface area contributed by atoms with Gasteiger partial charge in [0.05, 0.1) is 5.25 Å². The van der Waals surface area contributed by atoms with Crippen LogP contribution in [0.3, 0.4) is 0 Å². The van der Waals surface area contributed by atoms with Crippen LogP contribution in [0.1, 0.15) is 40.0 Å². The number of hydrogen-bond acceptors (Lipinski definition) is 3. The molecule has 0 aromatic rings. The molecule has 0 spiro atoms. The number of nitrogens with zero attached hydrogens (tertiary/aromatic N) is 1. The van der Waals surface area contributed by atoms with Crippen molar-refractivity contribution in [2.75, 3.05) is 19.6 Å². The van der Waals surface area contributed by atoms with Crippen LogP contribution in [-0.4, -0.2) is 43.6 Å². The summed E-state index contributed by atoms with van der Waals surface area (Å²) < 4.78 is 25.9. The maximum atomic E-state index is 12.1. The maximum absolute atomic E-state index is 12.1. The molecule has 0 aromatic heterocycles. The predicted octanol–water partition coefficient (Wildman–Crippen LogP) is 1.19. The second kappa shape index (κ2) is 5.98. The van der Waals surface area contributed by atoms with E-state index in [0.717, 1.165) is 25.8 Å². The molecule has 96 valence electrons.